The Morgan fingerprint density at radius 2 is 1.92 bits per heavy atom. The monoisotopic (exact) mass is 453 g/mol. The second kappa shape index (κ2) is 10.4. The van der Waals surface area contributed by atoms with Crippen LogP contribution in [0.3, 0.4) is 0 Å². The van der Waals surface area contributed by atoms with Gasteiger partial charge in [0.15, 0.2) is 5.96 Å². The number of nitrogens with one attached hydrogen (secondary N) is 1. The van der Waals surface area contributed by atoms with Gasteiger partial charge in [-0.3, -0.25) is 9.79 Å². The number of carbonyl (C=O) groups is 1. The Labute approximate surface area is 162 Å². The first-order valence-corrected chi connectivity index (χ1v) is 8.55. The van der Waals surface area contributed by atoms with E-state index in [2.05, 4.69) is 41.1 Å². The lowest BCUT2D eigenvalue weighted by molar-refractivity contribution is -0.142. The number of piperazine rings is 1. The Balaban J connectivity index is 0.00000288. The van der Waals surface area contributed by atoms with Gasteiger partial charge in [-0.15, -0.1) is 24.0 Å². The minimum atomic E-state index is -0.208. The summed E-state index contributed by atoms with van der Waals surface area (Å²) in [5.41, 5.74) is 0. The Hall–Kier alpha value is -0.610. The van der Waals surface area contributed by atoms with Crippen LogP contribution < -0.4 is 5.32 Å². The lowest BCUT2D eigenvalue weighted by Crippen LogP contribution is -2.56. The summed E-state index contributed by atoms with van der Waals surface area (Å²) >= 11 is 0. The summed E-state index contributed by atoms with van der Waals surface area (Å²) in [4.78, 5) is 23.1. The van der Waals surface area contributed by atoms with E-state index in [9.17, 15) is 4.79 Å². The maximum Gasteiger partial charge on any atom is 0.251 e. The molecule has 0 bridgehead atoms. The molecular formula is C16H32IN5O2. The van der Waals surface area contributed by atoms with Crippen molar-refractivity contribution in [2.45, 2.75) is 31.9 Å². The number of likely N-dealkylation sites (N-methyl/N-ethyl adjacent to an activating group) is 1. The van der Waals surface area contributed by atoms with Crippen molar-refractivity contribution >= 4 is 35.8 Å². The quantitative estimate of drug-likeness (QED) is 0.381. The lowest BCUT2D eigenvalue weighted by atomic mass is 10.2. The van der Waals surface area contributed by atoms with Gasteiger partial charge in [0, 0.05) is 52.4 Å². The molecule has 2 heterocycles. The first kappa shape index (κ1) is 21.4. The molecule has 2 aliphatic heterocycles. The number of guanidine groups is 1. The van der Waals surface area contributed by atoms with Crippen LogP contribution in [0, 0.1) is 0 Å². The van der Waals surface area contributed by atoms with E-state index in [0.717, 1.165) is 58.1 Å². The standard InChI is InChI=1S/C16H31N5O2.HI/c1-13(19(3)4)12-18-16(17-2)21-9-7-20(8-10-21)15(22)14-6-5-11-23-14;/h13-14H,5-12H2,1-4H3,(H,17,18);1H. The molecule has 0 aliphatic carbocycles. The van der Waals surface area contributed by atoms with Crippen molar-refractivity contribution < 1.29 is 9.53 Å². The molecule has 0 aromatic carbocycles. The minimum Gasteiger partial charge on any atom is -0.368 e. The minimum absolute atomic E-state index is 0. The Morgan fingerprint density at radius 1 is 1.29 bits per heavy atom. The number of halogens is 1. The largest absolute Gasteiger partial charge is 0.368 e. The van der Waals surface area contributed by atoms with Gasteiger partial charge in [-0.1, -0.05) is 0 Å². The van der Waals surface area contributed by atoms with Crippen molar-refractivity contribution in [3.05, 3.63) is 0 Å². The highest BCUT2D eigenvalue weighted by atomic mass is 127. The van der Waals surface area contributed by atoms with E-state index in [-0.39, 0.29) is 36.0 Å². The predicted octanol–water partition coefficient (Wildman–Crippen LogP) is 0.453. The van der Waals surface area contributed by atoms with Gasteiger partial charge in [-0.2, -0.15) is 0 Å². The van der Waals surface area contributed by atoms with Gasteiger partial charge in [0.2, 0.25) is 0 Å². The topological polar surface area (TPSA) is 60.4 Å². The third-order valence-corrected chi connectivity index (χ3v) is 4.74. The summed E-state index contributed by atoms with van der Waals surface area (Å²) in [6, 6.07) is 0.439. The van der Waals surface area contributed by atoms with Crippen LogP contribution in [0.2, 0.25) is 0 Å². The summed E-state index contributed by atoms with van der Waals surface area (Å²) in [5, 5.41) is 3.43. The van der Waals surface area contributed by atoms with E-state index < -0.39 is 0 Å². The molecular weight excluding hydrogens is 421 g/mol. The number of nitrogens with zero attached hydrogens (tertiary/aromatic N) is 4. The second-order valence-electron chi connectivity index (χ2n) is 6.55. The SMILES string of the molecule is CN=C(NCC(C)N(C)C)N1CCN(C(=O)C2CCCO2)CC1.I. The molecule has 2 aliphatic rings. The average Bonchev–Trinajstić information content (AvgIpc) is 3.09. The zero-order chi connectivity index (χ0) is 16.8. The molecule has 0 saturated carbocycles. The molecule has 2 fully saturated rings. The predicted molar refractivity (Wildman–Crippen MR) is 107 cm³/mol. The Bertz CT molecular complexity index is 419. The molecule has 0 aromatic rings. The molecule has 0 aromatic heterocycles. The van der Waals surface area contributed by atoms with Crippen LogP contribution in [0.25, 0.3) is 0 Å². The van der Waals surface area contributed by atoms with E-state index in [1.165, 1.54) is 0 Å². The first-order valence-electron chi connectivity index (χ1n) is 8.55. The van der Waals surface area contributed by atoms with Gasteiger partial charge in [0.25, 0.3) is 5.91 Å². The number of amides is 1. The van der Waals surface area contributed by atoms with Crippen molar-refractivity contribution in [2.75, 3.05) is 60.5 Å². The number of hydrogen-bond acceptors (Lipinski definition) is 4. The van der Waals surface area contributed by atoms with E-state index in [0.29, 0.717) is 6.04 Å². The molecule has 24 heavy (non-hydrogen) atoms. The van der Waals surface area contributed by atoms with E-state index in [4.69, 9.17) is 4.74 Å². The molecule has 0 spiro atoms. The molecule has 8 heteroatoms. The molecule has 2 unspecified atom stereocenters. The van der Waals surface area contributed by atoms with Gasteiger partial charge in [0.05, 0.1) is 0 Å². The fourth-order valence-electron chi connectivity index (χ4n) is 2.87. The van der Waals surface area contributed by atoms with Crippen LogP contribution in [0.1, 0.15) is 19.8 Å². The Morgan fingerprint density at radius 3 is 2.42 bits per heavy atom. The third kappa shape index (κ3) is 5.73. The third-order valence-electron chi connectivity index (χ3n) is 4.74. The summed E-state index contributed by atoms with van der Waals surface area (Å²) in [6.45, 7) is 6.86. The summed E-state index contributed by atoms with van der Waals surface area (Å²) in [5.74, 6) is 1.08. The lowest BCUT2D eigenvalue weighted by Gasteiger charge is -2.37. The van der Waals surface area contributed by atoms with Crippen LogP contribution in [0.15, 0.2) is 4.99 Å². The average molecular weight is 453 g/mol. The summed E-state index contributed by atoms with van der Waals surface area (Å²) in [7, 11) is 5.96. The molecule has 1 amide bonds. The van der Waals surface area contributed by atoms with Gasteiger partial charge in [-0.25, -0.2) is 0 Å². The molecule has 1 N–H and O–H groups in total. The van der Waals surface area contributed by atoms with E-state index in [1.807, 2.05) is 11.9 Å². The summed E-state index contributed by atoms with van der Waals surface area (Å²) in [6.07, 6.45) is 1.65. The smallest absolute Gasteiger partial charge is 0.251 e. The van der Waals surface area contributed by atoms with E-state index >= 15 is 0 Å². The van der Waals surface area contributed by atoms with Gasteiger partial charge in [-0.05, 0) is 33.9 Å². The molecule has 2 atom stereocenters. The summed E-state index contributed by atoms with van der Waals surface area (Å²) < 4.78 is 5.51. The van der Waals surface area contributed by atoms with Crippen LogP contribution in [-0.2, 0) is 9.53 Å². The van der Waals surface area contributed by atoms with Crippen molar-refractivity contribution in [3.63, 3.8) is 0 Å². The van der Waals surface area contributed by atoms with Crippen molar-refractivity contribution in [2.24, 2.45) is 4.99 Å². The molecule has 140 valence electrons. The molecule has 0 radical (unpaired) electrons. The number of carbonyl (C=O) groups excluding carboxylic acids is 1. The van der Waals surface area contributed by atoms with Crippen LogP contribution in [0.5, 0.6) is 0 Å². The number of aliphatic imine (C=N–C) groups is 1. The van der Waals surface area contributed by atoms with Gasteiger partial charge >= 0.3 is 0 Å². The zero-order valence-electron chi connectivity index (χ0n) is 15.3. The fourth-order valence-corrected chi connectivity index (χ4v) is 2.87. The molecule has 2 rings (SSSR count). The van der Waals surface area contributed by atoms with Crippen molar-refractivity contribution in [1.82, 2.24) is 20.0 Å². The van der Waals surface area contributed by atoms with Crippen LogP contribution in [0.4, 0.5) is 0 Å². The fraction of sp³-hybridized carbons (Fsp3) is 0.875. The maximum atomic E-state index is 12.4. The van der Waals surface area contributed by atoms with Crippen molar-refractivity contribution in [1.29, 1.82) is 0 Å². The number of ether oxygens (including phenoxy) is 1. The van der Waals surface area contributed by atoms with Crippen LogP contribution in [-0.4, -0.2) is 99.2 Å². The van der Waals surface area contributed by atoms with Gasteiger partial charge < -0.3 is 24.8 Å². The molecule has 7 nitrogen and oxygen atoms in total. The second-order valence-corrected chi connectivity index (χ2v) is 6.55. The Kier molecular flexibility index (Phi) is 9.28. The van der Waals surface area contributed by atoms with E-state index in [1.54, 1.807) is 0 Å². The normalized spacial score (nSPS) is 23.2. The van der Waals surface area contributed by atoms with Gasteiger partial charge in [0.1, 0.15) is 6.10 Å². The first-order chi connectivity index (χ1) is 11.0. The highest BCUT2D eigenvalue weighted by molar-refractivity contribution is 14.0. The zero-order valence-corrected chi connectivity index (χ0v) is 17.7. The number of hydrogen-bond donors (Lipinski definition) is 1. The number of rotatable bonds is 4. The molecule has 2 saturated heterocycles. The maximum absolute atomic E-state index is 12.4. The highest BCUT2D eigenvalue weighted by Crippen LogP contribution is 2.16. The highest BCUT2D eigenvalue weighted by Gasteiger charge is 2.30. The van der Waals surface area contributed by atoms with Crippen molar-refractivity contribution in [3.8, 4) is 0 Å². The van der Waals surface area contributed by atoms with Crippen LogP contribution >= 0.6 is 24.0 Å².